The number of amides is 2. The van der Waals surface area contributed by atoms with Crippen molar-refractivity contribution < 1.29 is 28.8 Å². The number of carbonyl (C=O) groups excluding carboxylic acids is 3. The molecule has 2 atom stereocenters. The summed E-state index contributed by atoms with van der Waals surface area (Å²) in [5.74, 6) is -1.26. The number of nitrogens with one attached hydrogen (secondary N) is 1. The lowest BCUT2D eigenvalue weighted by Crippen LogP contribution is -2.46. The third-order valence-corrected chi connectivity index (χ3v) is 6.26. The number of methoxy groups -OCH3 is 1. The van der Waals surface area contributed by atoms with Crippen molar-refractivity contribution in [2.24, 2.45) is 5.92 Å². The number of hydrogen-bond donors (Lipinski definition) is 1. The molecule has 1 fully saturated rings. The van der Waals surface area contributed by atoms with Crippen LogP contribution in [-0.4, -0.2) is 47.9 Å². The molecule has 192 valence electrons. The van der Waals surface area contributed by atoms with Crippen LogP contribution in [0.1, 0.15) is 49.8 Å². The number of non-ortho nitro benzene ring substituents is 1. The molecular formula is C26H31N3O7. The first-order chi connectivity index (χ1) is 17.3. The second-order valence-electron chi connectivity index (χ2n) is 8.68. The maximum atomic E-state index is 13.2. The van der Waals surface area contributed by atoms with Crippen LogP contribution in [0.4, 0.5) is 11.4 Å². The highest BCUT2D eigenvalue weighted by Crippen LogP contribution is 2.41. The highest BCUT2D eigenvalue weighted by Gasteiger charge is 2.42. The number of esters is 1. The molecule has 2 unspecified atom stereocenters. The molecule has 0 bridgehead atoms. The maximum Gasteiger partial charge on any atom is 0.311 e. The third-order valence-electron chi connectivity index (χ3n) is 6.26. The summed E-state index contributed by atoms with van der Waals surface area (Å²) >= 11 is 0. The van der Waals surface area contributed by atoms with E-state index in [4.69, 9.17) is 9.47 Å². The molecule has 36 heavy (non-hydrogen) atoms. The van der Waals surface area contributed by atoms with Crippen LogP contribution in [0, 0.1) is 23.0 Å². The molecule has 3 rings (SSSR count). The van der Waals surface area contributed by atoms with E-state index in [1.165, 1.54) is 25.3 Å². The monoisotopic (exact) mass is 497 g/mol. The molecular weight excluding hydrogens is 466 g/mol. The van der Waals surface area contributed by atoms with Gasteiger partial charge in [-0.15, -0.1) is 0 Å². The van der Waals surface area contributed by atoms with E-state index in [0.717, 1.165) is 18.4 Å². The van der Waals surface area contributed by atoms with E-state index in [1.54, 1.807) is 17.9 Å². The number of unbranched alkanes of at least 4 members (excludes halogenated alkanes) is 1. The van der Waals surface area contributed by atoms with E-state index in [-0.39, 0.29) is 18.0 Å². The number of piperidine rings is 1. The van der Waals surface area contributed by atoms with Gasteiger partial charge >= 0.3 is 5.97 Å². The SMILES string of the molecule is CCCCN1C(=O)CCC(C(=O)OCC(=O)Nc2ccc([N+](=O)[O-])cc2C)C1c1ccccc1OC. The van der Waals surface area contributed by atoms with Crippen molar-refractivity contribution in [1.82, 2.24) is 4.90 Å². The molecule has 1 heterocycles. The van der Waals surface area contributed by atoms with Gasteiger partial charge in [0, 0.05) is 36.3 Å². The van der Waals surface area contributed by atoms with E-state index in [1.807, 2.05) is 25.1 Å². The smallest absolute Gasteiger partial charge is 0.311 e. The molecule has 1 saturated heterocycles. The van der Waals surface area contributed by atoms with Crippen LogP contribution in [0.5, 0.6) is 5.75 Å². The van der Waals surface area contributed by atoms with Crippen LogP contribution < -0.4 is 10.1 Å². The lowest BCUT2D eigenvalue weighted by atomic mass is 9.83. The van der Waals surface area contributed by atoms with Gasteiger partial charge in [-0.2, -0.15) is 0 Å². The predicted octanol–water partition coefficient (Wildman–Crippen LogP) is 4.17. The van der Waals surface area contributed by atoms with Crippen molar-refractivity contribution in [2.75, 3.05) is 25.6 Å². The first kappa shape index (κ1) is 26.7. The van der Waals surface area contributed by atoms with Gasteiger partial charge in [0.2, 0.25) is 5.91 Å². The summed E-state index contributed by atoms with van der Waals surface area (Å²) < 4.78 is 10.9. The van der Waals surface area contributed by atoms with Crippen LogP contribution in [0.25, 0.3) is 0 Å². The van der Waals surface area contributed by atoms with E-state index >= 15 is 0 Å². The zero-order chi connectivity index (χ0) is 26.2. The van der Waals surface area contributed by atoms with Crippen molar-refractivity contribution in [3.63, 3.8) is 0 Å². The third kappa shape index (κ3) is 6.18. The number of likely N-dealkylation sites (tertiary alicyclic amines) is 1. The zero-order valence-corrected chi connectivity index (χ0v) is 20.7. The number of nitrogens with zero attached hydrogens (tertiary/aromatic N) is 2. The summed E-state index contributed by atoms with van der Waals surface area (Å²) in [5.41, 5.74) is 1.54. The van der Waals surface area contributed by atoms with E-state index in [0.29, 0.717) is 30.0 Å². The summed E-state index contributed by atoms with van der Waals surface area (Å²) in [6, 6.07) is 10.8. The van der Waals surface area contributed by atoms with Gasteiger partial charge in [-0.3, -0.25) is 24.5 Å². The minimum atomic E-state index is -0.662. The van der Waals surface area contributed by atoms with Gasteiger partial charge in [0.25, 0.3) is 11.6 Å². The average molecular weight is 498 g/mol. The Hall–Kier alpha value is -3.95. The Bertz CT molecular complexity index is 1130. The molecule has 0 spiro atoms. The van der Waals surface area contributed by atoms with Gasteiger partial charge in [0.1, 0.15) is 5.75 Å². The fraction of sp³-hybridized carbons (Fsp3) is 0.423. The Morgan fingerprint density at radius 3 is 2.64 bits per heavy atom. The number of nitro groups is 1. The number of para-hydroxylation sites is 1. The average Bonchev–Trinajstić information content (AvgIpc) is 2.87. The lowest BCUT2D eigenvalue weighted by Gasteiger charge is -2.40. The lowest BCUT2D eigenvalue weighted by molar-refractivity contribution is -0.384. The largest absolute Gasteiger partial charge is 0.496 e. The topological polar surface area (TPSA) is 128 Å². The van der Waals surface area contributed by atoms with E-state index in [9.17, 15) is 24.5 Å². The number of nitro benzene ring substituents is 1. The molecule has 0 radical (unpaired) electrons. The molecule has 1 aliphatic rings. The van der Waals surface area contributed by atoms with Crippen molar-refractivity contribution in [3.8, 4) is 5.75 Å². The summed E-state index contributed by atoms with van der Waals surface area (Å²) in [7, 11) is 1.54. The van der Waals surface area contributed by atoms with Gasteiger partial charge in [0.15, 0.2) is 6.61 Å². The minimum Gasteiger partial charge on any atom is -0.496 e. The van der Waals surface area contributed by atoms with Crippen molar-refractivity contribution in [2.45, 2.75) is 45.6 Å². The zero-order valence-electron chi connectivity index (χ0n) is 20.7. The first-order valence-electron chi connectivity index (χ1n) is 11.9. The van der Waals surface area contributed by atoms with Crippen LogP contribution in [0.3, 0.4) is 0 Å². The Labute approximate surface area is 209 Å². The van der Waals surface area contributed by atoms with Crippen LogP contribution >= 0.6 is 0 Å². The molecule has 0 aromatic heterocycles. The molecule has 10 heteroatoms. The van der Waals surface area contributed by atoms with Crippen molar-refractivity contribution >= 4 is 29.2 Å². The fourth-order valence-corrected chi connectivity index (χ4v) is 4.42. The Kier molecular flexibility index (Phi) is 8.99. The molecule has 0 aliphatic carbocycles. The fourth-order valence-electron chi connectivity index (χ4n) is 4.42. The number of benzene rings is 2. The van der Waals surface area contributed by atoms with Crippen molar-refractivity contribution in [1.29, 1.82) is 0 Å². The highest BCUT2D eigenvalue weighted by atomic mass is 16.6. The van der Waals surface area contributed by atoms with Gasteiger partial charge in [0.05, 0.1) is 24.0 Å². The molecule has 2 aromatic carbocycles. The second-order valence-corrected chi connectivity index (χ2v) is 8.68. The Morgan fingerprint density at radius 2 is 1.97 bits per heavy atom. The number of hydrogen-bond acceptors (Lipinski definition) is 7. The summed E-state index contributed by atoms with van der Waals surface area (Å²) in [5, 5.41) is 13.5. The van der Waals surface area contributed by atoms with Gasteiger partial charge in [-0.1, -0.05) is 31.5 Å². The second kappa shape index (κ2) is 12.1. The maximum absolute atomic E-state index is 13.2. The summed E-state index contributed by atoms with van der Waals surface area (Å²) in [6.45, 7) is 3.65. The van der Waals surface area contributed by atoms with Crippen LogP contribution in [0.15, 0.2) is 42.5 Å². The number of aryl methyl sites for hydroxylation is 1. The molecule has 2 aromatic rings. The molecule has 10 nitrogen and oxygen atoms in total. The van der Waals surface area contributed by atoms with Gasteiger partial charge < -0.3 is 19.7 Å². The number of anilines is 1. The quantitative estimate of drug-likeness (QED) is 0.296. The van der Waals surface area contributed by atoms with Gasteiger partial charge in [-0.05, 0) is 37.5 Å². The summed E-state index contributed by atoms with van der Waals surface area (Å²) in [6.07, 6.45) is 2.19. The molecule has 0 saturated carbocycles. The normalized spacial score (nSPS) is 17.4. The molecule has 1 N–H and O–H groups in total. The van der Waals surface area contributed by atoms with E-state index in [2.05, 4.69) is 5.32 Å². The number of rotatable bonds is 10. The minimum absolute atomic E-state index is 0.0326. The first-order valence-corrected chi connectivity index (χ1v) is 11.9. The Morgan fingerprint density at radius 1 is 1.22 bits per heavy atom. The highest BCUT2D eigenvalue weighted by molar-refractivity contribution is 5.94. The molecule has 1 aliphatic heterocycles. The standard InChI is InChI=1S/C26H31N3O7/c1-4-5-14-28-24(31)13-11-20(25(28)19-8-6-7-9-22(19)35-3)26(32)36-16-23(30)27-21-12-10-18(29(33)34)15-17(21)2/h6-10,12,15,20,25H,4-5,11,13-14,16H2,1-3H3,(H,27,30). The predicted molar refractivity (Wildman–Crippen MR) is 133 cm³/mol. The number of ether oxygens (including phenoxy) is 2. The van der Waals surface area contributed by atoms with Crippen LogP contribution in [-0.2, 0) is 19.1 Å². The van der Waals surface area contributed by atoms with E-state index < -0.39 is 35.4 Å². The van der Waals surface area contributed by atoms with Crippen LogP contribution in [0.2, 0.25) is 0 Å². The van der Waals surface area contributed by atoms with Gasteiger partial charge in [-0.25, -0.2) is 0 Å². The number of carbonyl (C=O) groups is 3. The summed E-state index contributed by atoms with van der Waals surface area (Å²) in [4.78, 5) is 50.6. The Balaban J connectivity index is 1.75. The van der Waals surface area contributed by atoms with Crippen molar-refractivity contribution in [3.05, 3.63) is 63.7 Å². The molecule has 2 amide bonds.